The molecule has 0 unspecified atom stereocenters. The first-order valence-corrected chi connectivity index (χ1v) is 8.40. The van der Waals surface area contributed by atoms with E-state index in [0.717, 1.165) is 5.56 Å². The second kappa shape index (κ2) is 8.95. The van der Waals surface area contributed by atoms with Crippen molar-refractivity contribution in [3.05, 3.63) is 47.8 Å². The molecule has 0 aliphatic rings. The highest BCUT2D eigenvalue weighted by atomic mass is 16.4. The van der Waals surface area contributed by atoms with Crippen molar-refractivity contribution in [1.29, 1.82) is 0 Å². The SMILES string of the molecule is CN[C@H](Cc1ccc(NC(=O)[C@H](C)NC(=O)c2ccnn2C)cc1)C(=O)O. The van der Waals surface area contributed by atoms with Gasteiger partial charge in [-0.25, -0.2) is 0 Å². The molecular formula is C18H23N5O4. The molecule has 1 heterocycles. The van der Waals surface area contributed by atoms with Gasteiger partial charge in [0.25, 0.3) is 5.91 Å². The monoisotopic (exact) mass is 373 g/mol. The molecule has 2 aromatic rings. The summed E-state index contributed by atoms with van der Waals surface area (Å²) in [5.74, 6) is -1.68. The van der Waals surface area contributed by atoms with Gasteiger partial charge in [-0.05, 0) is 44.2 Å². The molecular weight excluding hydrogens is 350 g/mol. The van der Waals surface area contributed by atoms with Gasteiger partial charge >= 0.3 is 5.97 Å². The van der Waals surface area contributed by atoms with Crippen LogP contribution < -0.4 is 16.0 Å². The first-order chi connectivity index (χ1) is 12.8. The zero-order valence-corrected chi connectivity index (χ0v) is 15.4. The number of aliphatic carboxylic acids is 1. The Morgan fingerprint density at radius 3 is 2.37 bits per heavy atom. The normalized spacial score (nSPS) is 12.9. The fourth-order valence-corrected chi connectivity index (χ4v) is 2.46. The lowest BCUT2D eigenvalue weighted by atomic mass is 10.1. The van der Waals surface area contributed by atoms with Crippen LogP contribution in [0.1, 0.15) is 23.0 Å². The van der Waals surface area contributed by atoms with Gasteiger partial charge in [0.05, 0.1) is 0 Å². The third kappa shape index (κ3) is 5.38. The van der Waals surface area contributed by atoms with Crippen molar-refractivity contribution in [1.82, 2.24) is 20.4 Å². The van der Waals surface area contributed by atoms with Gasteiger partial charge in [-0.3, -0.25) is 19.1 Å². The minimum absolute atomic E-state index is 0.331. The molecule has 1 aromatic heterocycles. The Morgan fingerprint density at radius 1 is 1.19 bits per heavy atom. The molecule has 9 heteroatoms. The van der Waals surface area contributed by atoms with E-state index in [1.54, 1.807) is 51.4 Å². The maximum Gasteiger partial charge on any atom is 0.321 e. The van der Waals surface area contributed by atoms with E-state index in [0.29, 0.717) is 17.8 Å². The molecule has 0 bridgehead atoms. The minimum atomic E-state index is -0.923. The predicted octanol–water partition coefficient (Wildman–Crippen LogP) is 0.392. The lowest BCUT2D eigenvalue weighted by Gasteiger charge is -2.15. The summed E-state index contributed by atoms with van der Waals surface area (Å²) in [4.78, 5) is 35.4. The van der Waals surface area contributed by atoms with Gasteiger partial charge < -0.3 is 21.1 Å². The lowest BCUT2D eigenvalue weighted by Crippen LogP contribution is -2.42. The van der Waals surface area contributed by atoms with E-state index in [-0.39, 0.29) is 11.8 Å². The van der Waals surface area contributed by atoms with Crippen LogP contribution in [0.5, 0.6) is 0 Å². The standard InChI is InChI=1S/C18H23N5O4/c1-11(21-17(25)15-8-9-20-23(15)3)16(24)22-13-6-4-12(5-7-13)10-14(19-2)18(26)27/h4-9,11,14,19H,10H2,1-3H3,(H,21,25)(H,22,24)(H,26,27)/t11-,14+/m0/s1. The molecule has 0 aliphatic carbocycles. The van der Waals surface area contributed by atoms with E-state index < -0.39 is 18.1 Å². The van der Waals surface area contributed by atoms with Crippen molar-refractivity contribution >= 4 is 23.5 Å². The molecule has 9 nitrogen and oxygen atoms in total. The van der Waals surface area contributed by atoms with Gasteiger partial charge in [-0.2, -0.15) is 5.10 Å². The van der Waals surface area contributed by atoms with Crippen LogP contribution in [0.15, 0.2) is 36.5 Å². The van der Waals surface area contributed by atoms with Gasteiger partial charge in [-0.1, -0.05) is 12.1 Å². The number of likely N-dealkylation sites (N-methyl/N-ethyl adjacent to an activating group) is 1. The molecule has 0 saturated carbocycles. The number of hydrogen-bond acceptors (Lipinski definition) is 5. The zero-order chi connectivity index (χ0) is 20.0. The summed E-state index contributed by atoms with van der Waals surface area (Å²) in [5.41, 5.74) is 1.74. The molecule has 0 saturated heterocycles. The fourth-order valence-electron chi connectivity index (χ4n) is 2.46. The summed E-state index contributed by atoms with van der Waals surface area (Å²) in [6, 6.07) is 7.03. The van der Waals surface area contributed by atoms with E-state index in [2.05, 4.69) is 21.0 Å². The van der Waals surface area contributed by atoms with E-state index in [1.165, 1.54) is 10.9 Å². The number of aryl methyl sites for hydroxylation is 1. The van der Waals surface area contributed by atoms with Gasteiger partial charge in [0.2, 0.25) is 5.91 Å². The average molecular weight is 373 g/mol. The molecule has 2 rings (SSSR count). The first-order valence-electron chi connectivity index (χ1n) is 8.40. The van der Waals surface area contributed by atoms with E-state index >= 15 is 0 Å². The summed E-state index contributed by atoms with van der Waals surface area (Å²) in [7, 11) is 3.23. The number of aromatic nitrogens is 2. The number of carboxylic acids is 1. The van der Waals surface area contributed by atoms with Gasteiger partial charge in [0.15, 0.2) is 0 Å². The Morgan fingerprint density at radius 2 is 1.85 bits per heavy atom. The molecule has 0 spiro atoms. The Kier molecular flexibility index (Phi) is 6.67. The molecule has 144 valence electrons. The predicted molar refractivity (Wildman–Crippen MR) is 99.4 cm³/mol. The molecule has 4 N–H and O–H groups in total. The van der Waals surface area contributed by atoms with Crippen LogP contribution in [0.25, 0.3) is 0 Å². The quantitative estimate of drug-likeness (QED) is 0.530. The number of anilines is 1. The number of hydrogen-bond donors (Lipinski definition) is 4. The maximum atomic E-state index is 12.3. The van der Waals surface area contributed by atoms with Crippen molar-refractivity contribution in [3.63, 3.8) is 0 Å². The summed E-state index contributed by atoms with van der Waals surface area (Å²) >= 11 is 0. The number of amides is 2. The minimum Gasteiger partial charge on any atom is -0.480 e. The number of carbonyl (C=O) groups is 3. The summed E-state index contributed by atoms with van der Waals surface area (Å²) < 4.78 is 1.42. The summed E-state index contributed by atoms with van der Waals surface area (Å²) in [6.07, 6.45) is 1.83. The van der Waals surface area contributed by atoms with Crippen LogP contribution in [0.2, 0.25) is 0 Å². The van der Waals surface area contributed by atoms with E-state index in [9.17, 15) is 14.4 Å². The topological polar surface area (TPSA) is 125 Å². The number of benzene rings is 1. The van der Waals surface area contributed by atoms with Crippen LogP contribution in [0, 0.1) is 0 Å². The Hall–Kier alpha value is -3.20. The van der Waals surface area contributed by atoms with Crippen LogP contribution >= 0.6 is 0 Å². The Labute approximate surface area is 156 Å². The molecule has 27 heavy (non-hydrogen) atoms. The number of carbonyl (C=O) groups excluding carboxylic acids is 2. The number of nitrogens with zero attached hydrogens (tertiary/aromatic N) is 2. The second-order valence-electron chi connectivity index (χ2n) is 6.11. The van der Waals surface area contributed by atoms with Gasteiger partial charge in [0.1, 0.15) is 17.8 Å². The largest absolute Gasteiger partial charge is 0.480 e. The van der Waals surface area contributed by atoms with Crippen molar-refractivity contribution in [2.24, 2.45) is 7.05 Å². The highest BCUT2D eigenvalue weighted by molar-refractivity contribution is 6.00. The lowest BCUT2D eigenvalue weighted by molar-refractivity contribution is -0.139. The van der Waals surface area contributed by atoms with Crippen molar-refractivity contribution in [2.75, 3.05) is 12.4 Å². The van der Waals surface area contributed by atoms with Crippen molar-refractivity contribution in [3.8, 4) is 0 Å². The first kappa shape index (κ1) is 20.1. The van der Waals surface area contributed by atoms with Crippen LogP contribution in [-0.2, 0) is 23.1 Å². The smallest absolute Gasteiger partial charge is 0.321 e. The summed E-state index contributed by atoms with van der Waals surface area (Å²) in [5, 5.41) is 21.0. The molecule has 2 amide bonds. The van der Waals surface area contributed by atoms with E-state index in [4.69, 9.17) is 5.11 Å². The summed E-state index contributed by atoms with van der Waals surface area (Å²) in [6.45, 7) is 1.59. The Balaban J connectivity index is 1.92. The van der Waals surface area contributed by atoms with Gasteiger partial charge in [0, 0.05) is 18.9 Å². The number of rotatable bonds is 8. The molecule has 1 aromatic carbocycles. The highest BCUT2D eigenvalue weighted by Gasteiger charge is 2.19. The number of carboxylic acid groups (broad SMARTS) is 1. The van der Waals surface area contributed by atoms with Crippen molar-refractivity contribution in [2.45, 2.75) is 25.4 Å². The zero-order valence-electron chi connectivity index (χ0n) is 15.4. The third-order valence-corrected chi connectivity index (χ3v) is 4.10. The highest BCUT2D eigenvalue weighted by Crippen LogP contribution is 2.12. The Bertz CT molecular complexity index is 815. The fraction of sp³-hybridized carbons (Fsp3) is 0.333. The van der Waals surface area contributed by atoms with Crippen LogP contribution in [0.4, 0.5) is 5.69 Å². The van der Waals surface area contributed by atoms with Gasteiger partial charge in [-0.15, -0.1) is 0 Å². The third-order valence-electron chi connectivity index (χ3n) is 4.10. The molecule has 0 radical (unpaired) electrons. The average Bonchev–Trinajstić information content (AvgIpc) is 3.06. The maximum absolute atomic E-state index is 12.3. The molecule has 0 fully saturated rings. The van der Waals surface area contributed by atoms with Crippen LogP contribution in [-0.4, -0.2) is 51.8 Å². The molecule has 0 aliphatic heterocycles. The molecule has 2 atom stereocenters. The number of nitrogens with one attached hydrogen (secondary N) is 3. The second-order valence-corrected chi connectivity index (χ2v) is 6.11. The van der Waals surface area contributed by atoms with E-state index in [1.807, 2.05) is 0 Å². The van der Waals surface area contributed by atoms with Crippen LogP contribution in [0.3, 0.4) is 0 Å². The van der Waals surface area contributed by atoms with Crippen molar-refractivity contribution < 1.29 is 19.5 Å².